The topological polar surface area (TPSA) is 42.7 Å². The van der Waals surface area contributed by atoms with Crippen molar-refractivity contribution in [2.24, 2.45) is 0 Å². The van der Waals surface area contributed by atoms with Gasteiger partial charge in [-0.15, -0.1) is 0 Å². The standard InChI is InChI=1S/C26H21ClN4.CH4/c1-28-25-22-18-29-24(27)17-23(22)31(30-25)26(19-11-5-2-6-12-19,20-13-7-3-8-14-20)21-15-9-4-10-16-21;/h2-18H,1H3,(H,28,30);1H4. The highest BCUT2D eigenvalue weighted by Crippen LogP contribution is 2.43. The first-order valence-electron chi connectivity index (χ1n) is 10.1. The van der Waals surface area contributed by atoms with Crippen LogP contribution in [-0.4, -0.2) is 21.8 Å². The molecule has 0 atom stereocenters. The summed E-state index contributed by atoms with van der Waals surface area (Å²) in [5.41, 5.74) is 3.51. The van der Waals surface area contributed by atoms with E-state index in [1.54, 1.807) is 6.20 Å². The number of pyridine rings is 1. The van der Waals surface area contributed by atoms with E-state index in [2.05, 4.69) is 87.8 Å². The second kappa shape index (κ2) is 8.85. The monoisotopic (exact) mass is 440 g/mol. The van der Waals surface area contributed by atoms with Gasteiger partial charge in [-0.3, -0.25) is 0 Å². The fourth-order valence-corrected chi connectivity index (χ4v) is 4.48. The molecule has 5 rings (SSSR count). The highest BCUT2D eigenvalue weighted by atomic mass is 35.5. The molecule has 0 saturated heterocycles. The van der Waals surface area contributed by atoms with Crippen LogP contribution in [-0.2, 0) is 5.54 Å². The molecule has 3 aromatic carbocycles. The van der Waals surface area contributed by atoms with Gasteiger partial charge in [-0.1, -0.05) is 110 Å². The largest absolute Gasteiger partial charge is 0.371 e. The van der Waals surface area contributed by atoms with Crippen LogP contribution in [0.2, 0.25) is 5.15 Å². The van der Waals surface area contributed by atoms with Gasteiger partial charge >= 0.3 is 0 Å². The number of fused-ring (bicyclic) bond motifs is 1. The minimum Gasteiger partial charge on any atom is -0.371 e. The zero-order chi connectivity index (χ0) is 21.3. The molecule has 0 bridgehead atoms. The number of benzene rings is 3. The first-order chi connectivity index (χ1) is 15.2. The van der Waals surface area contributed by atoms with Gasteiger partial charge in [-0.05, 0) is 16.7 Å². The van der Waals surface area contributed by atoms with Crippen molar-refractivity contribution in [1.29, 1.82) is 0 Å². The maximum atomic E-state index is 6.36. The second-order valence-corrected chi connectivity index (χ2v) is 7.73. The first-order valence-corrected chi connectivity index (χ1v) is 10.5. The normalized spacial score (nSPS) is 11.2. The molecule has 2 aromatic heterocycles. The third-order valence-corrected chi connectivity index (χ3v) is 5.87. The van der Waals surface area contributed by atoms with Crippen molar-refractivity contribution >= 4 is 28.3 Å². The number of aromatic nitrogens is 3. The van der Waals surface area contributed by atoms with Crippen molar-refractivity contribution in [2.45, 2.75) is 13.0 Å². The van der Waals surface area contributed by atoms with Gasteiger partial charge < -0.3 is 5.32 Å². The van der Waals surface area contributed by atoms with E-state index in [9.17, 15) is 0 Å². The summed E-state index contributed by atoms with van der Waals surface area (Å²) in [5.74, 6) is 0.756. The molecule has 0 radical (unpaired) electrons. The maximum absolute atomic E-state index is 6.36. The molecule has 0 aliphatic carbocycles. The Kier molecular flexibility index (Phi) is 5.97. The van der Waals surface area contributed by atoms with Gasteiger partial charge in [0.1, 0.15) is 10.7 Å². The third-order valence-electron chi connectivity index (χ3n) is 5.66. The van der Waals surface area contributed by atoms with Gasteiger partial charge in [0.05, 0.1) is 10.9 Å². The molecule has 0 aliphatic heterocycles. The summed E-state index contributed by atoms with van der Waals surface area (Å²) >= 11 is 6.36. The molecule has 1 N–H and O–H groups in total. The predicted octanol–water partition coefficient (Wildman–Crippen LogP) is 6.60. The molecule has 5 heteroatoms. The maximum Gasteiger partial charge on any atom is 0.157 e. The summed E-state index contributed by atoms with van der Waals surface area (Å²) in [6, 6.07) is 33.3. The van der Waals surface area contributed by atoms with E-state index in [1.165, 1.54) is 0 Å². The van der Waals surface area contributed by atoms with Crippen LogP contribution in [0.3, 0.4) is 0 Å². The van der Waals surface area contributed by atoms with E-state index < -0.39 is 5.54 Å². The summed E-state index contributed by atoms with van der Waals surface area (Å²) in [5, 5.41) is 9.62. The Morgan fingerprint density at radius 2 is 1.25 bits per heavy atom. The summed E-state index contributed by atoms with van der Waals surface area (Å²) in [6.45, 7) is 0. The van der Waals surface area contributed by atoms with Crippen LogP contribution in [0, 0.1) is 0 Å². The Balaban J connectivity index is 0.00000245. The fourth-order valence-electron chi connectivity index (χ4n) is 4.33. The van der Waals surface area contributed by atoms with E-state index in [0.29, 0.717) is 5.15 Å². The molecule has 0 amide bonds. The Labute approximate surface area is 193 Å². The van der Waals surface area contributed by atoms with Gasteiger partial charge in [0, 0.05) is 19.3 Å². The van der Waals surface area contributed by atoms with Crippen molar-refractivity contribution in [1.82, 2.24) is 14.8 Å². The predicted molar refractivity (Wildman–Crippen MR) is 133 cm³/mol. The van der Waals surface area contributed by atoms with Gasteiger partial charge in [-0.25, -0.2) is 9.67 Å². The SMILES string of the molecule is C.CNc1nn(C(c2ccccc2)(c2ccccc2)c2ccccc2)c2cc(Cl)ncc12. The minimum absolute atomic E-state index is 0. The highest BCUT2D eigenvalue weighted by Gasteiger charge is 2.40. The zero-order valence-corrected chi connectivity index (χ0v) is 17.8. The van der Waals surface area contributed by atoms with Crippen LogP contribution in [0.5, 0.6) is 0 Å². The Bertz CT molecular complexity index is 1220. The fraction of sp³-hybridized carbons (Fsp3) is 0.111. The summed E-state index contributed by atoms with van der Waals surface area (Å²) in [6.07, 6.45) is 1.78. The molecule has 0 unspecified atom stereocenters. The van der Waals surface area contributed by atoms with Gasteiger partial charge in [0.2, 0.25) is 0 Å². The molecule has 0 fully saturated rings. The molecule has 2 heterocycles. The van der Waals surface area contributed by atoms with Crippen LogP contribution in [0.15, 0.2) is 103 Å². The molecule has 32 heavy (non-hydrogen) atoms. The lowest BCUT2D eigenvalue weighted by atomic mass is 9.77. The molecule has 0 saturated carbocycles. The molecule has 5 aromatic rings. The molecule has 160 valence electrons. The van der Waals surface area contributed by atoms with Crippen LogP contribution in [0.1, 0.15) is 24.1 Å². The van der Waals surface area contributed by atoms with Crippen LogP contribution >= 0.6 is 11.6 Å². The number of hydrogen-bond acceptors (Lipinski definition) is 3. The van der Waals surface area contributed by atoms with Crippen molar-refractivity contribution in [3.05, 3.63) is 125 Å². The molecule has 0 spiro atoms. The lowest BCUT2D eigenvalue weighted by molar-refractivity contribution is 0.477. The number of anilines is 1. The van der Waals surface area contributed by atoms with Crippen LogP contribution in [0.4, 0.5) is 5.82 Å². The average Bonchev–Trinajstić information content (AvgIpc) is 3.20. The van der Waals surface area contributed by atoms with E-state index in [0.717, 1.165) is 33.4 Å². The summed E-state index contributed by atoms with van der Waals surface area (Å²) in [7, 11) is 1.87. The lowest BCUT2D eigenvalue weighted by Gasteiger charge is -2.37. The van der Waals surface area contributed by atoms with Gasteiger partial charge in [0.15, 0.2) is 5.82 Å². The number of nitrogens with zero attached hydrogens (tertiary/aromatic N) is 3. The molecule has 4 nitrogen and oxygen atoms in total. The summed E-state index contributed by atoms with van der Waals surface area (Å²) < 4.78 is 2.07. The van der Waals surface area contributed by atoms with Crippen molar-refractivity contribution in [3.8, 4) is 0 Å². The lowest BCUT2D eigenvalue weighted by Crippen LogP contribution is -2.38. The van der Waals surface area contributed by atoms with Crippen LogP contribution < -0.4 is 5.32 Å². The Morgan fingerprint density at radius 1 is 0.781 bits per heavy atom. The second-order valence-electron chi connectivity index (χ2n) is 7.34. The first kappa shape index (κ1) is 21.6. The van der Waals surface area contributed by atoms with Crippen molar-refractivity contribution in [3.63, 3.8) is 0 Å². The number of halogens is 1. The quantitative estimate of drug-likeness (QED) is 0.247. The smallest absolute Gasteiger partial charge is 0.157 e. The molecular formula is C27H25ClN4. The van der Waals surface area contributed by atoms with E-state index in [1.807, 2.05) is 31.3 Å². The minimum atomic E-state index is -0.707. The number of rotatable bonds is 5. The molecule has 0 aliphatic rings. The van der Waals surface area contributed by atoms with E-state index in [4.69, 9.17) is 16.7 Å². The Morgan fingerprint density at radius 3 is 1.69 bits per heavy atom. The number of hydrogen-bond donors (Lipinski definition) is 1. The summed E-state index contributed by atoms with van der Waals surface area (Å²) in [4.78, 5) is 4.30. The highest BCUT2D eigenvalue weighted by molar-refractivity contribution is 6.30. The zero-order valence-electron chi connectivity index (χ0n) is 17.0. The van der Waals surface area contributed by atoms with Crippen LogP contribution in [0.25, 0.3) is 10.9 Å². The van der Waals surface area contributed by atoms with Gasteiger partial charge in [0.25, 0.3) is 0 Å². The Hall–Kier alpha value is -3.63. The van der Waals surface area contributed by atoms with Crippen molar-refractivity contribution in [2.75, 3.05) is 12.4 Å². The van der Waals surface area contributed by atoms with E-state index in [-0.39, 0.29) is 7.43 Å². The molecular weight excluding hydrogens is 416 g/mol. The van der Waals surface area contributed by atoms with Crippen molar-refractivity contribution < 1.29 is 0 Å². The number of nitrogens with one attached hydrogen (secondary N) is 1. The van der Waals surface area contributed by atoms with E-state index >= 15 is 0 Å². The third kappa shape index (κ3) is 3.33. The van der Waals surface area contributed by atoms with Gasteiger partial charge in [-0.2, -0.15) is 5.10 Å². The average molecular weight is 441 g/mol.